The molecule has 0 saturated carbocycles. The van der Waals surface area contributed by atoms with Crippen molar-refractivity contribution < 1.29 is 4.42 Å². The third-order valence-electron chi connectivity index (χ3n) is 4.45. The highest BCUT2D eigenvalue weighted by Gasteiger charge is 2.10. The molecule has 5 nitrogen and oxygen atoms in total. The number of nitrogens with one attached hydrogen (secondary N) is 2. The molecule has 128 valence electrons. The molecule has 25 heavy (non-hydrogen) atoms. The summed E-state index contributed by atoms with van der Waals surface area (Å²) < 4.78 is 7.99. The first-order valence-corrected chi connectivity index (χ1v) is 8.65. The van der Waals surface area contributed by atoms with Crippen molar-refractivity contribution in [2.45, 2.75) is 26.4 Å². The lowest BCUT2D eigenvalue weighted by atomic mass is 10.2. The average Bonchev–Trinajstić information content (AvgIpc) is 3.34. The van der Waals surface area contributed by atoms with E-state index in [-0.39, 0.29) is 0 Å². The number of benzene rings is 1. The molecule has 0 atom stereocenters. The summed E-state index contributed by atoms with van der Waals surface area (Å²) in [4.78, 5) is 0. The largest absolute Gasteiger partial charge is 0.460 e. The van der Waals surface area contributed by atoms with Crippen LogP contribution in [0.1, 0.15) is 17.7 Å². The Morgan fingerprint density at radius 2 is 2.08 bits per heavy atom. The second-order valence-corrected chi connectivity index (χ2v) is 6.28. The molecule has 0 unspecified atom stereocenters. The van der Waals surface area contributed by atoms with Gasteiger partial charge in [0.2, 0.25) is 0 Å². The highest BCUT2D eigenvalue weighted by molar-refractivity contribution is 5.79. The standard InChI is InChI=1S/C20H22N4O/c1-15-7-8-19(25-15)20-17(14-22-23-20)13-21-10-4-11-24-12-9-16-5-2-3-6-18(16)24/h2-3,5-9,12,14,21H,4,10-11,13H2,1H3,(H,22,23). The van der Waals surface area contributed by atoms with Gasteiger partial charge >= 0.3 is 0 Å². The van der Waals surface area contributed by atoms with Crippen LogP contribution in [0.4, 0.5) is 0 Å². The summed E-state index contributed by atoms with van der Waals surface area (Å²) in [5, 5.41) is 12.0. The van der Waals surface area contributed by atoms with Gasteiger partial charge in [0, 0.05) is 30.4 Å². The van der Waals surface area contributed by atoms with Crippen molar-refractivity contribution in [2.24, 2.45) is 0 Å². The van der Waals surface area contributed by atoms with Crippen molar-refractivity contribution in [3.63, 3.8) is 0 Å². The summed E-state index contributed by atoms with van der Waals surface area (Å²) in [5.41, 5.74) is 3.38. The first kappa shape index (κ1) is 15.7. The Balaban J connectivity index is 1.30. The van der Waals surface area contributed by atoms with E-state index in [9.17, 15) is 0 Å². The molecule has 0 radical (unpaired) electrons. The number of hydrogen-bond acceptors (Lipinski definition) is 3. The van der Waals surface area contributed by atoms with E-state index in [0.29, 0.717) is 0 Å². The second-order valence-electron chi connectivity index (χ2n) is 6.28. The summed E-state index contributed by atoms with van der Waals surface area (Å²) >= 11 is 0. The maximum atomic E-state index is 5.68. The van der Waals surface area contributed by atoms with Gasteiger partial charge in [-0.2, -0.15) is 5.10 Å². The molecule has 0 bridgehead atoms. The van der Waals surface area contributed by atoms with E-state index in [1.54, 1.807) is 0 Å². The van der Waals surface area contributed by atoms with Gasteiger partial charge in [0.05, 0.1) is 6.20 Å². The van der Waals surface area contributed by atoms with Gasteiger partial charge in [-0.05, 0) is 49.5 Å². The van der Waals surface area contributed by atoms with E-state index in [0.717, 1.165) is 48.8 Å². The van der Waals surface area contributed by atoms with Crippen LogP contribution in [0.25, 0.3) is 22.4 Å². The Bertz CT molecular complexity index is 963. The Morgan fingerprint density at radius 3 is 2.96 bits per heavy atom. The number of furan rings is 1. The predicted octanol–water partition coefficient (Wildman–Crippen LogP) is 4.11. The molecule has 5 heteroatoms. The van der Waals surface area contributed by atoms with Crippen LogP contribution in [-0.4, -0.2) is 21.3 Å². The molecule has 0 aliphatic carbocycles. The van der Waals surface area contributed by atoms with Gasteiger partial charge in [-0.25, -0.2) is 0 Å². The van der Waals surface area contributed by atoms with Gasteiger partial charge in [0.1, 0.15) is 11.5 Å². The minimum Gasteiger partial charge on any atom is -0.460 e. The molecule has 3 heterocycles. The molecule has 0 aliphatic heterocycles. The fourth-order valence-electron chi connectivity index (χ4n) is 3.16. The number of H-pyrrole nitrogens is 1. The van der Waals surface area contributed by atoms with Gasteiger partial charge in [-0.3, -0.25) is 5.10 Å². The van der Waals surface area contributed by atoms with Gasteiger partial charge in [-0.1, -0.05) is 18.2 Å². The number of fused-ring (bicyclic) bond motifs is 1. The summed E-state index contributed by atoms with van der Waals surface area (Å²) in [7, 11) is 0. The quantitative estimate of drug-likeness (QED) is 0.500. The maximum absolute atomic E-state index is 5.68. The van der Waals surface area contributed by atoms with Crippen LogP contribution in [0.3, 0.4) is 0 Å². The molecule has 0 fully saturated rings. The van der Waals surface area contributed by atoms with Gasteiger partial charge in [0.25, 0.3) is 0 Å². The first-order valence-electron chi connectivity index (χ1n) is 8.65. The summed E-state index contributed by atoms with van der Waals surface area (Å²) in [6.45, 7) is 4.69. The molecule has 0 saturated heterocycles. The van der Waals surface area contributed by atoms with Crippen molar-refractivity contribution in [1.29, 1.82) is 0 Å². The number of para-hydroxylation sites is 1. The smallest absolute Gasteiger partial charge is 0.152 e. The van der Waals surface area contributed by atoms with Crippen LogP contribution in [0, 0.1) is 6.92 Å². The zero-order chi connectivity index (χ0) is 17.1. The number of aromatic nitrogens is 3. The van der Waals surface area contributed by atoms with Crippen LogP contribution >= 0.6 is 0 Å². The SMILES string of the molecule is Cc1ccc(-c2[nH]ncc2CNCCCn2ccc3ccccc32)o1. The topological polar surface area (TPSA) is 58.8 Å². The maximum Gasteiger partial charge on any atom is 0.152 e. The second kappa shape index (κ2) is 6.99. The molecule has 3 aromatic heterocycles. The average molecular weight is 334 g/mol. The fourth-order valence-corrected chi connectivity index (χ4v) is 3.16. The minimum absolute atomic E-state index is 0.776. The molecule has 1 aromatic carbocycles. The Hall–Kier alpha value is -2.79. The molecule has 0 spiro atoms. The lowest BCUT2D eigenvalue weighted by molar-refractivity contribution is 0.544. The van der Waals surface area contributed by atoms with Gasteiger partial charge < -0.3 is 14.3 Å². The highest BCUT2D eigenvalue weighted by atomic mass is 16.3. The molecule has 0 amide bonds. The molecular formula is C20H22N4O. The van der Waals surface area contributed by atoms with E-state index in [1.165, 1.54) is 10.9 Å². The van der Waals surface area contributed by atoms with Crippen LogP contribution in [0.15, 0.2) is 59.3 Å². The monoisotopic (exact) mass is 334 g/mol. The van der Waals surface area contributed by atoms with E-state index < -0.39 is 0 Å². The number of rotatable bonds is 7. The van der Waals surface area contributed by atoms with Crippen LogP contribution in [0.2, 0.25) is 0 Å². The van der Waals surface area contributed by atoms with Gasteiger partial charge in [0.15, 0.2) is 5.76 Å². The van der Waals surface area contributed by atoms with E-state index in [4.69, 9.17) is 4.42 Å². The zero-order valence-electron chi connectivity index (χ0n) is 14.3. The number of nitrogens with zero attached hydrogens (tertiary/aromatic N) is 2. The zero-order valence-corrected chi connectivity index (χ0v) is 14.3. The van der Waals surface area contributed by atoms with E-state index in [1.807, 2.05) is 25.3 Å². The highest BCUT2D eigenvalue weighted by Crippen LogP contribution is 2.23. The third kappa shape index (κ3) is 3.37. The van der Waals surface area contributed by atoms with E-state index >= 15 is 0 Å². The first-order chi connectivity index (χ1) is 12.3. The third-order valence-corrected chi connectivity index (χ3v) is 4.45. The number of hydrogen-bond donors (Lipinski definition) is 2. The molecule has 4 rings (SSSR count). The molecule has 2 N–H and O–H groups in total. The van der Waals surface area contributed by atoms with Crippen molar-refractivity contribution in [2.75, 3.05) is 6.54 Å². The lowest BCUT2D eigenvalue weighted by Gasteiger charge is -2.07. The van der Waals surface area contributed by atoms with Crippen LogP contribution < -0.4 is 5.32 Å². The summed E-state index contributed by atoms with van der Waals surface area (Å²) in [6, 6.07) is 14.6. The molecule has 0 aliphatic rings. The minimum atomic E-state index is 0.776. The van der Waals surface area contributed by atoms with Crippen LogP contribution in [-0.2, 0) is 13.1 Å². The summed E-state index contributed by atoms with van der Waals surface area (Å²) in [5.74, 6) is 1.74. The van der Waals surface area contributed by atoms with Crippen molar-refractivity contribution in [3.8, 4) is 11.5 Å². The van der Waals surface area contributed by atoms with Gasteiger partial charge in [-0.15, -0.1) is 0 Å². The number of aromatic amines is 1. The lowest BCUT2D eigenvalue weighted by Crippen LogP contribution is -2.16. The van der Waals surface area contributed by atoms with Crippen molar-refractivity contribution in [1.82, 2.24) is 20.1 Å². The normalized spacial score (nSPS) is 11.4. The van der Waals surface area contributed by atoms with E-state index in [2.05, 4.69) is 56.6 Å². The van der Waals surface area contributed by atoms with Crippen LogP contribution in [0.5, 0.6) is 0 Å². The number of aryl methyl sites for hydroxylation is 2. The van der Waals surface area contributed by atoms with Crippen molar-refractivity contribution in [3.05, 3.63) is 66.2 Å². The Morgan fingerprint density at radius 1 is 1.16 bits per heavy atom. The fraction of sp³-hybridized carbons (Fsp3) is 0.250. The molecular weight excluding hydrogens is 312 g/mol. The predicted molar refractivity (Wildman–Crippen MR) is 99.3 cm³/mol. The summed E-state index contributed by atoms with van der Waals surface area (Å²) in [6.07, 6.45) is 5.10. The Kier molecular flexibility index (Phi) is 4.39. The molecule has 4 aromatic rings. The van der Waals surface area contributed by atoms with Crippen molar-refractivity contribution >= 4 is 10.9 Å². The Labute approximate surface area is 146 Å².